The normalized spacial score (nSPS) is 14.6. The fraction of sp³-hybridized carbons (Fsp3) is 0.552. The fourth-order valence-electron chi connectivity index (χ4n) is 5.98. The molecule has 0 aliphatic heterocycles. The van der Waals surface area contributed by atoms with Gasteiger partial charge in [-0.05, 0) is 103 Å². The Kier molecular flexibility index (Phi) is 45.0. The van der Waals surface area contributed by atoms with E-state index in [0.29, 0.717) is 23.9 Å². The second kappa shape index (κ2) is 47.9. The summed E-state index contributed by atoms with van der Waals surface area (Å²) in [4.78, 5) is 35.5. The van der Waals surface area contributed by atoms with Crippen LogP contribution < -0.4 is 0 Å². The average molecular weight is 963 g/mol. The Morgan fingerprint density at radius 1 is 0.456 bits per heavy atom. The zero-order chi connectivity index (χ0) is 49.9. The SMILES string of the molecule is CC/C=C\C/C=C\C/C=C\C/C=C\C/C=C\C/C=C\CCCCCCCCC(=O)OC(COC(=O)CC/C=C\C/C=C\C/C=C\C/C=C\C/C=C\C/C=C\CC)COP(=O)(O)OCC[N+](C)(C)C. The van der Waals surface area contributed by atoms with Gasteiger partial charge in [-0.3, -0.25) is 18.6 Å². The highest BCUT2D eigenvalue weighted by Crippen LogP contribution is 2.43. The van der Waals surface area contributed by atoms with Crippen LogP contribution in [0.25, 0.3) is 0 Å². The summed E-state index contributed by atoms with van der Waals surface area (Å²) >= 11 is 0. The first-order valence-electron chi connectivity index (χ1n) is 25.6. The number of unbranched alkanes of at least 4 members (excludes halogenated alkanes) is 6. The summed E-state index contributed by atoms with van der Waals surface area (Å²) in [5, 5.41) is 0. The fourth-order valence-corrected chi connectivity index (χ4v) is 6.72. The number of phosphoric acid groups is 1. The van der Waals surface area contributed by atoms with Crippen LogP contribution in [0.5, 0.6) is 0 Å². The maximum Gasteiger partial charge on any atom is 0.472 e. The molecule has 10 heteroatoms. The van der Waals surface area contributed by atoms with Gasteiger partial charge >= 0.3 is 19.8 Å². The van der Waals surface area contributed by atoms with Crippen molar-refractivity contribution in [3.8, 4) is 0 Å². The van der Waals surface area contributed by atoms with E-state index in [0.717, 1.165) is 116 Å². The second-order valence-electron chi connectivity index (χ2n) is 17.4. The summed E-state index contributed by atoms with van der Waals surface area (Å²) in [7, 11) is 1.40. The number of carbonyl (C=O) groups excluding carboxylic acids is 2. The van der Waals surface area contributed by atoms with Crippen molar-refractivity contribution in [1.29, 1.82) is 0 Å². The van der Waals surface area contributed by atoms with Crippen molar-refractivity contribution in [1.82, 2.24) is 0 Å². The van der Waals surface area contributed by atoms with Crippen LogP contribution in [0.2, 0.25) is 0 Å². The molecule has 0 radical (unpaired) electrons. The molecule has 0 rings (SSSR count). The first-order chi connectivity index (χ1) is 33.0. The molecule has 0 saturated heterocycles. The topological polar surface area (TPSA) is 108 Å². The van der Waals surface area contributed by atoms with Crippen LogP contribution in [-0.4, -0.2) is 74.9 Å². The number of hydrogen-bond acceptors (Lipinski definition) is 7. The number of allylic oxidation sites excluding steroid dienone is 24. The van der Waals surface area contributed by atoms with Crippen LogP contribution >= 0.6 is 7.82 Å². The van der Waals surface area contributed by atoms with E-state index in [4.69, 9.17) is 18.5 Å². The van der Waals surface area contributed by atoms with Crippen molar-refractivity contribution >= 4 is 19.8 Å². The van der Waals surface area contributed by atoms with Gasteiger partial charge in [0, 0.05) is 12.8 Å². The van der Waals surface area contributed by atoms with Crippen LogP contribution in [0.1, 0.15) is 155 Å². The molecule has 0 aliphatic rings. The lowest BCUT2D eigenvalue weighted by Gasteiger charge is -2.24. The number of esters is 2. The van der Waals surface area contributed by atoms with Crippen molar-refractivity contribution < 1.29 is 42.1 Å². The van der Waals surface area contributed by atoms with Crippen molar-refractivity contribution in [3.63, 3.8) is 0 Å². The zero-order valence-corrected chi connectivity index (χ0v) is 43.9. The number of ether oxygens (including phenoxy) is 2. The molecule has 0 spiro atoms. The van der Waals surface area contributed by atoms with Gasteiger partial charge in [0.15, 0.2) is 6.10 Å². The number of nitrogens with zero attached hydrogens (tertiary/aromatic N) is 1. The molecule has 382 valence electrons. The Bertz CT molecular complexity index is 1650. The van der Waals surface area contributed by atoms with Crippen LogP contribution in [0, 0.1) is 0 Å². The Labute approximate surface area is 414 Å². The summed E-state index contributed by atoms with van der Waals surface area (Å²) < 4.78 is 34.3. The molecule has 0 heterocycles. The molecule has 0 bridgehead atoms. The second-order valence-corrected chi connectivity index (χ2v) is 18.9. The third-order valence-corrected chi connectivity index (χ3v) is 10.9. The highest BCUT2D eigenvalue weighted by Gasteiger charge is 2.27. The van der Waals surface area contributed by atoms with Crippen molar-refractivity contribution in [3.05, 3.63) is 146 Å². The number of likely N-dealkylation sites (N-methyl/N-ethyl adjacent to an activating group) is 1. The van der Waals surface area contributed by atoms with Gasteiger partial charge in [0.1, 0.15) is 19.8 Å². The van der Waals surface area contributed by atoms with Gasteiger partial charge in [-0.15, -0.1) is 0 Å². The van der Waals surface area contributed by atoms with Gasteiger partial charge in [-0.2, -0.15) is 0 Å². The molecule has 0 aromatic rings. The molecule has 0 fully saturated rings. The maximum absolute atomic E-state index is 12.8. The molecule has 0 amide bonds. The number of carbonyl (C=O) groups is 2. The van der Waals surface area contributed by atoms with Gasteiger partial charge in [0.2, 0.25) is 0 Å². The van der Waals surface area contributed by atoms with Gasteiger partial charge in [-0.1, -0.05) is 185 Å². The molecule has 0 aliphatic carbocycles. The van der Waals surface area contributed by atoms with E-state index in [1.165, 1.54) is 0 Å². The van der Waals surface area contributed by atoms with E-state index in [2.05, 4.69) is 148 Å². The van der Waals surface area contributed by atoms with Crippen LogP contribution in [0.3, 0.4) is 0 Å². The summed E-state index contributed by atoms with van der Waals surface area (Å²) in [5.41, 5.74) is 0. The number of phosphoric ester groups is 1. The summed E-state index contributed by atoms with van der Waals surface area (Å²) in [5.74, 6) is -0.929. The van der Waals surface area contributed by atoms with Crippen molar-refractivity contribution in [2.45, 2.75) is 161 Å². The number of quaternary nitrogens is 1. The van der Waals surface area contributed by atoms with Crippen molar-refractivity contribution in [2.24, 2.45) is 0 Å². The smallest absolute Gasteiger partial charge is 0.462 e. The molecule has 0 aromatic heterocycles. The minimum absolute atomic E-state index is 0.00776. The quantitative estimate of drug-likeness (QED) is 0.0211. The third-order valence-electron chi connectivity index (χ3n) is 9.88. The molecular formula is C58H93NO8P+. The molecule has 68 heavy (non-hydrogen) atoms. The Morgan fingerprint density at radius 2 is 0.824 bits per heavy atom. The molecule has 0 saturated carbocycles. The molecular weight excluding hydrogens is 870 g/mol. The standard InChI is InChI=1S/C58H92NO8P/c1-6-8-10-12-14-16-18-20-22-24-26-27-28-29-30-31-33-35-37-39-41-43-45-47-49-51-58(61)67-56(55-66-68(62,63)65-53-52-59(3,4)5)54-64-57(60)50-48-46-44-42-40-38-36-34-32-25-23-21-19-17-15-13-11-9-7-2/h8-11,14-17,20-23,26-27,29-30,32-35,38,40,44,46,56H,6-7,12-13,18-19,24-25,28,31,36-37,39,41-43,45,47-55H2,1-5H3/p+1/b10-8-,11-9-,16-14-,17-15-,22-20-,23-21-,27-26-,30-29-,34-32-,35-33-,40-38-,46-44-. The van der Waals surface area contributed by atoms with E-state index < -0.39 is 32.5 Å². The predicted octanol–water partition coefficient (Wildman–Crippen LogP) is 15.6. The third kappa shape index (κ3) is 51.3. The van der Waals surface area contributed by atoms with Crippen LogP contribution in [0.15, 0.2) is 146 Å². The van der Waals surface area contributed by atoms with Gasteiger partial charge in [0.25, 0.3) is 0 Å². The maximum atomic E-state index is 12.8. The molecule has 9 nitrogen and oxygen atoms in total. The Hall–Kier alpha value is -4.11. The first kappa shape index (κ1) is 63.9. The zero-order valence-electron chi connectivity index (χ0n) is 43.0. The van der Waals surface area contributed by atoms with E-state index in [1.807, 2.05) is 33.3 Å². The molecule has 0 aromatic carbocycles. The lowest BCUT2D eigenvalue weighted by molar-refractivity contribution is -0.870. The average Bonchev–Trinajstić information content (AvgIpc) is 3.30. The summed E-state index contributed by atoms with van der Waals surface area (Å²) in [6.45, 7) is 4.06. The largest absolute Gasteiger partial charge is 0.472 e. The molecule has 2 unspecified atom stereocenters. The minimum atomic E-state index is -4.41. The monoisotopic (exact) mass is 963 g/mol. The Balaban J connectivity index is 4.43. The van der Waals surface area contributed by atoms with E-state index in [-0.39, 0.29) is 26.1 Å². The minimum Gasteiger partial charge on any atom is -0.462 e. The van der Waals surface area contributed by atoms with E-state index in [1.54, 1.807) is 0 Å². The van der Waals surface area contributed by atoms with Gasteiger partial charge in [-0.25, -0.2) is 4.57 Å². The van der Waals surface area contributed by atoms with Gasteiger partial charge in [0.05, 0.1) is 27.7 Å². The highest BCUT2D eigenvalue weighted by molar-refractivity contribution is 7.47. The lowest BCUT2D eigenvalue weighted by Crippen LogP contribution is -2.37. The van der Waals surface area contributed by atoms with Gasteiger partial charge < -0.3 is 18.9 Å². The van der Waals surface area contributed by atoms with Crippen LogP contribution in [0.4, 0.5) is 0 Å². The van der Waals surface area contributed by atoms with Crippen LogP contribution in [-0.2, 0) is 32.7 Å². The summed E-state index contributed by atoms with van der Waals surface area (Å²) in [6.07, 6.45) is 70.6. The highest BCUT2D eigenvalue weighted by atomic mass is 31.2. The predicted molar refractivity (Wildman–Crippen MR) is 288 cm³/mol. The number of hydrogen-bond donors (Lipinski definition) is 1. The summed E-state index contributed by atoms with van der Waals surface area (Å²) in [6, 6.07) is 0. The lowest BCUT2D eigenvalue weighted by atomic mass is 10.1. The Morgan fingerprint density at radius 3 is 1.24 bits per heavy atom. The van der Waals surface area contributed by atoms with Crippen molar-refractivity contribution in [2.75, 3.05) is 47.5 Å². The van der Waals surface area contributed by atoms with E-state index in [9.17, 15) is 19.0 Å². The first-order valence-corrected chi connectivity index (χ1v) is 27.1. The molecule has 1 N–H and O–H groups in total. The molecule has 2 atom stereocenters. The van der Waals surface area contributed by atoms with E-state index >= 15 is 0 Å². The number of rotatable bonds is 44.